The number of nitrogens with one attached hydrogen (secondary N) is 2. The number of aliphatic carboxylic acids is 1. The second-order valence-corrected chi connectivity index (χ2v) is 10.8. The molecule has 3 N–H and O–H groups in total. The molecule has 9 nitrogen and oxygen atoms in total. The minimum Gasteiger partial charge on any atom is -0.497 e. The first kappa shape index (κ1) is 31.3. The highest BCUT2D eigenvalue weighted by Crippen LogP contribution is 2.35. The van der Waals surface area contributed by atoms with Gasteiger partial charge >= 0.3 is 5.97 Å². The molecule has 12 heteroatoms. The van der Waals surface area contributed by atoms with Crippen molar-refractivity contribution in [3.63, 3.8) is 0 Å². The Balaban J connectivity index is 1.47. The molecule has 40 heavy (non-hydrogen) atoms. The van der Waals surface area contributed by atoms with E-state index in [2.05, 4.69) is 10.6 Å². The fraction of sp³-hybridized carbons (Fsp3) is 0.357. The van der Waals surface area contributed by atoms with E-state index in [4.69, 9.17) is 27.9 Å². The first-order valence-electron chi connectivity index (χ1n) is 12.5. The van der Waals surface area contributed by atoms with E-state index in [-0.39, 0.29) is 24.8 Å². The van der Waals surface area contributed by atoms with E-state index in [9.17, 15) is 24.3 Å². The first-order chi connectivity index (χ1) is 19.1. The average molecular weight is 609 g/mol. The van der Waals surface area contributed by atoms with Gasteiger partial charge in [-0.05, 0) is 54.5 Å². The number of carboxylic acids is 1. The van der Waals surface area contributed by atoms with Crippen molar-refractivity contribution in [1.29, 1.82) is 0 Å². The van der Waals surface area contributed by atoms with Gasteiger partial charge in [0.2, 0.25) is 17.7 Å². The van der Waals surface area contributed by atoms with Crippen molar-refractivity contribution in [3.05, 3.63) is 63.6 Å². The maximum Gasteiger partial charge on any atom is 0.328 e. The monoisotopic (exact) mass is 607 g/mol. The summed E-state index contributed by atoms with van der Waals surface area (Å²) in [6, 6.07) is 9.35. The molecule has 0 spiro atoms. The van der Waals surface area contributed by atoms with Crippen LogP contribution in [0.25, 0.3) is 6.08 Å². The van der Waals surface area contributed by atoms with Crippen LogP contribution in [0, 0.1) is 5.92 Å². The van der Waals surface area contributed by atoms with Gasteiger partial charge < -0.3 is 25.4 Å². The molecule has 1 aliphatic heterocycles. The van der Waals surface area contributed by atoms with Crippen LogP contribution in [0.3, 0.4) is 0 Å². The summed E-state index contributed by atoms with van der Waals surface area (Å²) in [5, 5.41) is 15.5. The predicted molar refractivity (Wildman–Crippen MR) is 156 cm³/mol. The summed E-state index contributed by atoms with van der Waals surface area (Å²) in [6.07, 6.45) is 5.74. The third-order valence-corrected chi connectivity index (χ3v) is 8.28. The quantitative estimate of drug-likeness (QED) is 0.261. The molecule has 0 bridgehead atoms. The molecule has 1 fully saturated rings. The number of halogens is 2. The van der Waals surface area contributed by atoms with E-state index in [1.165, 1.54) is 24.9 Å². The molecule has 0 aliphatic carbocycles. The van der Waals surface area contributed by atoms with Crippen molar-refractivity contribution in [3.8, 4) is 5.75 Å². The Morgan fingerprint density at radius 3 is 2.52 bits per heavy atom. The zero-order valence-electron chi connectivity index (χ0n) is 22.1. The average Bonchev–Trinajstić information content (AvgIpc) is 2.95. The van der Waals surface area contributed by atoms with E-state index in [1.54, 1.807) is 41.3 Å². The number of carboxylic acid groups (broad SMARTS) is 1. The fourth-order valence-corrected chi connectivity index (χ4v) is 5.37. The van der Waals surface area contributed by atoms with Gasteiger partial charge in [-0.15, -0.1) is 11.8 Å². The van der Waals surface area contributed by atoms with Crippen molar-refractivity contribution in [2.24, 2.45) is 5.92 Å². The molecule has 0 saturated carbocycles. The Labute approximate surface area is 247 Å². The molecule has 1 heterocycles. The smallest absolute Gasteiger partial charge is 0.328 e. The molecule has 2 aromatic rings. The van der Waals surface area contributed by atoms with E-state index in [1.807, 2.05) is 12.3 Å². The number of ether oxygens (including phenoxy) is 1. The SMILES string of the molecule is COc1cccc(CC(=O)NC[C@H](NC(=O)C2CCN(C(=O)C=Cc3ccc(SC)c(Cl)c3Cl)CC2)C(=O)O)c1. The summed E-state index contributed by atoms with van der Waals surface area (Å²) in [7, 11) is 1.53. The normalized spacial score (nSPS) is 14.6. The van der Waals surface area contributed by atoms with E-state index in [0.717, 1.165) is 4.90 Å². The highest BCUT2D eigenvalue weighted by atomic mass is 35.5. The topological polar surface area (TPSA) is 125 Å². The lowest BCUT2D eigenvalue weighted by Gasteiger charge is -2.31. The van der Waals surface area contributed by atoms with Gasteiger partial charge in [0, 0.05) is 36.5 Å². The molecular formula is C28H31Cl2N3O6S. The van der Waals surface area contributed by atoms with Crippen LogP contribution in [0.5, 0.6) is 5.75 Å². The third-order valence-electron chi connectivity index (χ3n) is 6.50. The Morgan fingerprint density at radius 2 is 1.88 bits per heavy atom. The maximum absolute atomic E-state index is 12.8. The molecule has 3 rings (SSSR count). The number of likely N-dealkylation sites (tertiary alicyclic amines) is 1. The van der Waals surface area contributed by atoms with Crippen molar-refractivity contribution in [1.82, 2.24) is 15.5 Å². The lowest BCUT2D eigenvalue weighted by molar-refractivity contribution is -0.142. The summed E-state index contributed by atoms with van der Waals surface area (Å²) >= 11 is 14.1. The number of thioether (sulfide) groups is 1. The van der Waals surface area contributed by atoms with Crippen LogP contribution in [0.2, 0.25) is 10.0 Å². The van der Waals surface area contributed by atoms with Crippen molar-refractivity contribution < 1.29 is 29.0 Å². The highest BCUT2D eigenvalue weighted by molar-refractivity contribution is 7.98. The maximum atomic E-state index is 12.8. The van der Waals surface area contributed by atoms with Gasteiger partial charge in [-0.1, -0.05) is 41.4 Å². The number of carbonyl (C=O) groups excluding carboxylic acids is 3. The number of carbonyl (C=O) groups is 4. The van der Waals surface area contributed by atoms with E-state index in [0.29, 0.717) is 52.9 Å². The third kappa shape index (κ3) is 8.64. The Bertz CT molecular complexity index is 1280. The lowest BCUT2D eigenvalue weighted by Crippen LogP contribution is -2.51. The molecule has 214 valence electrons. The molecule has 0 radical (unpaired) electrons. The molecule has 3 amide bonds. The van der Waals surface area contributed by atoms with E-state index >= 15 is 0 Å². The molecule has 0 unspecified atom stereocenters. The second kappa shape index (κ2) is 15.0. The number of amides is 3. The summed E-state index contributed by atoms with van der Waals surface area (Å²) in [4.78, 5) is 52.0. The first-order valence-corrected chi connectivity index (χ1v) is 14.5. The number of rotatable bonds is 11. The summed E-state index contributed by atoms with van der Waals surface area (Å²) in [5.74, 6) is -2.11. The van der Waals surface area contributed by atoms with Gasteiger partial charge in [-0.25, -0.2) is 4.79 Å². The largest absolute Gasteiger partial charge is 0.497 e. The number of benzene rings is 2. The standard InChI is InChI=1S/C28H31Cl2N3O6S/c1-39-20-5-3-4-17(14-20)15-23(34)31-16-21(28(37)38)32-27(36)19-10-12-33(13-11-19)24(35)9-7-18-6-8-22(40-2)26(30)25(18)29/h3-9,14,19,21H,10-13,15-16H2,1-2H3,(H,31,34)(H,32,36)(H,37,38)/t21-/m0/s1. The number of nitrogens with zero attached hydrogens (tertiary/aromatic N) is 1. The molecule has 2 aromatic carbocycles. The van der Waals surface area contributed by atoms with Crippen LogP contribution in [-0.4, -0.2) is 72.7 Å². The Hall–Kier alpha value is -3.21. The zero-order chi connectivity index (χ0) is 29.2. The minimum absolute atomic E-state index is 0.0424. The summed E-state index contributed by atoms with van der Waals surface area (Å²) in [5.41, 5.74) is 1.34. The van der Waals surface area contributed by atoms with Crippen LogP contribution in [-0.2, 0) is 25.6 Å². The highest BCUT2D eigenvalue weighted by Gasteiger charge is 2.30. The lowest BCUT2D eigenvalue weighted by atomic mass is 9.95. The second-order valence-electron chi connectivity index (χ2n) is 9.15. The van der Waals surface area contributed by atoms with E-state index < -0.39 is 23.8 Å². The Morgan fingerprint density at radius 1 is 1.15 bits per heavy atom. The zero-order valence-corrected chi connectivity index (χ0v) is 24.4. The van der Waals surface area contributed by atoms with Crippen molar-refractivity contribution in [2.45, 2.75) is 30.2 Å². The molecule has 1 aliphatic rings. The van der Waals surface area contributed by atoms with Crippen LogP contribution in [0.1, 0.15) is 24.0 Å². The van der Waals surface area contributed by atoms with Crippen molar-refractivity contribution >= 4 is 64.7 Å². The van der Waals surface area contributed by atoms with Gasteiger partial charge in [0.1, 0.15) is 11.8 Å². The minimum atomic E-state index is -1.28. The Kier molecular flexibility index (Phi) is 11.7. The number of hydrogen-bond acceptors (Lipinski definition) is 6. The van der Waals surface area contributed by atoms with Gasteiger partial charge in [0.25, 0.3) is 0 Å². The van der Waals surface area contributed by atoms with Gasteiger partial charge in [0.15, 0.2) is 0 Å². The van der Waals surface area contributed by atoms with Crippen LogP contribution in [0.15, 0.2) is 47.4 Å². The molecule has 1 atom stereocenters. The molecule has 1 saturated heterocycles. The van der Waals surface area contributed by atoms with Crippen molar-refractivity contribution in [2.75, 3.05) is 33.0 Å². The summed E-state index contributed by atoms with van der Waals surface area (Å²) in [6.45, 7) is 0.433. The van der Waals surface area contributed by atoms with Crippen LogP contribution < -0.4 is 15.4 Å². The predicted octanol–water partition coefficient (Wildman–Crippen LogP) is 3.90. The molecular weight excluding hydrogens is 577 g/mol. The number of methoxy groups -OCH3 is 1. The van der Waals surface area contributed by atoms with Crippen LogP contribution in [0.4, 0.5) is 0 Å². The van der Waals surface area contributed by atoms with Gasteiger partial charge in [-0.2, -0.15) is 0 Å². The number of piperidine rings is 1. The van der Waals surface area contributed by atoms with Gasteiger partial charge in [0.05, 0.1) is 23.6 Å². The van der Waals surface area contributed by atoms with Crippen LogP contribution >= 0.6 is 35.0 Å². The number of hydrogen-bond donors (Lipinski definition) is 3. The van der Waals surface area contributed by atoms with Gasteiger partial charge in [-0.3, -0.25) is 14.4 Å². The summed E-state index contributed by atoms with van der Waals surface area (Å²) < 4.78 is 5.14. The fourth-order valence-electron chi connectivity index (χ4n) is 4.20. The molecule has 0 aromatic heterocycles.